The Morgan fingerprint density at radius 3 is 2.71 bits per heavy atom. The highest BCUT2D eigenvalue weighted by Crippen LogP contribution is 2.19. The standard InChI is InChI=1S/C9H17NO6Si/c1-16-9(12)7-5-8(11)10(6-7)3-2-4-17(13,14)15/h7,13-15H,2-6H2,1H3. The molecule has 0 spiro atoms. The molecule has 8 heteroatoms. The van der Waals surface area contributed by atoms with Crippen LogP contribution in [0.4, 0.5) is 0 Å². The van der Waals surface area contributed by atoms with Crippen molar-refractivity contribution in [1.82, 2.24) is 4.90 Å². The lowest BCUT2D eigenvalue weighted by Crippen LogP contribution is -2.36. The minimum atomic E-state index is -4.03. The molecular weight excluding hydrogens is 246 g/mol. The second-order valence-corrected chi connectivity index (χ2v) is 6.19. The second kappa shape index (κ2) is 5.58. The van der Waals surface area contributed by atoms with Gasteiger partial charge in [0.2, 0.25) is 5.91 Å². The molecule has 0 radical (unpaired) electrons. The Hall–Kier alpha value is -0.963. The maximum atomic E-state index is 11.5. The Labute approximate surface area is 100.0 Å². The maximum Gasteiger partial charge on any atom is 0.492 e. The monoisotopic (exact) mass is 263 g/mol. The smallest absolute Gasteiger partial charge is 0.469 e. The van der Waals surface area contributed by atoms with Gasteiger partial charge in [-0.25, -0.2) is 0 Å². The molecule has 0 bridgehead atoms. The Morgan fingerprint density at radius 1 is 1.53 bits per heavy atom. The number of rotatable bonds is 5. The van der Waals surface area contributed by atoms with Gasteiger partial charge in [-0.2, -0.15) is 0 Å². The van der Waals surface area contributed by atoms with Crippen LogP contribution in [0.15, 0.2) is 0 Å². The first-order chi connectivity index (χ1) is 7.83. The third-order valence-electron chi connectivity index (χ3n) is 2.69. The van der Waals surface area contributed by atoms with Crippen LogP contribution in [-0.2, 0) is 14.3 Å². The lowest BCUT2D eigenvalue weighted by molar-refractivity contribution is -0.145. The molecule has 1 fully saturated rings. The highest BCUT2D eigenvalue weighted by Gasteiger charge is 2.35. The van der Waals surface area contributed by atoms with E-state index in [1.165, 1.54) is 12.0 Å². The number of ether oxygens (including phenoxy) is 1. The number of likely N-dealkylation sites (tertiary alicyclic amines) is 1. The number of hydrogen-bond donors (Lipinski definition) is 3. The minimum absolute atomic E-state index is 0.111. The molecule has 3 N–H and O–H groups in total. The first-order valence-corrected chi connectivity index (χ1v) is 7.41. The van der Waals surface area contributed by atoms with E-state index < -0.39 is 20.7 Å². The summed E-state index contributed by atoms with van der Waals surface area (Å²) in [6.07, 6.45) is 0.433. The lowest BCUT2D eigenvalue weighted by Gasteiger charge is -2.17. The van der Waals surface area contributed by atoms with E-state index in [0.717, 1.165) is 0 Å². The number of methoxy groups -OCH3 is 1. The van der Waals surface area contributed by atoms with Crippen LogP contribution >= 0.6 is 0 Å². The highest BCUT2D eigenvalue weighted by molar-refractivity contribution is 6.56. The molecule has 0 aliphatic carbocycles. The topological polar surface area (TPSA) is 107 Å². The van der Waals surface area contributed by atoms with Crippen molar-refractivity contribution >= 4 is 20.7 Å². The van der Waals surface area contributed by atoms with Crippen LogP contribution in [0.3, 0.4) is 0 Å². The Morgan fingerprint density at radius 2 is 2.18 bits per heavy atom. The molecular formula is C9H17NO6Si. The van der Waals surface area contributed by atoms with Crippen molar-refractivity contribution in [3.8, 4) is 0 Å². The predicted molar refractivity (Wildman–Crippen MR) is 58.5 cm³/mol. The number of carbonyl (C=O) groups is 2. The van der Waals surface area contributed by atoms with Crippen molar-refractivity contribution < 1.29 is 28.7 Å². The molecule has 1 rings (SSSR count). The van der Waals surface area contributed by atoms with Crippen molar-refractivity contribution in [3.05, 3.63) is 0 Å². The molecule has 0 aromatic rings. The summed E-state index contributed by atoms with van der Waals surface area (Å²) in [6.45, 7) is 0.602. The summed E-state index contributed by atoms with van der Waals surface area (Å²) in [6, 6.07) is -0.111. The number of amides is 1. The molecule has 1 atom stereocenters. The summed E-state index contributed by atoms with van der Waals surface area (Å²) in [5, 5.41) is 0. The van der Waals surface area contributed by atoms with Gasteiger partial charge in [0.1, 0.15) is 0 Å². The zero-order chi connectivity index (χ0) is 13.1. The second-order valence-electron chi connectivity index (χ2n) is 4.14. The SMILES string of the molecule is COC(=O)C1CC(=O)N(CCC[Si](O)(O)O)C1. The van der Waals surface area contributed by atoms with E-state index in [4.69, 9.17) is 14.4 Å². The average Bonchev–Trinajstić information content (AvgIpc) is 2.57. The number of hydrogen-bond acceptors (Lipinski definition) is 6. The molecule has 7 nitrogen and oxygen atoms in total. The Kier molecular flexibility index (Phi) is 4.63. The van der Waals surface area contributed by atoms with E-state index in [1.54, 1.807) is 0 Å². The molecule has 1 aliphatic rings. The van der Waals surface area contributed by atoms with Gasteiger partial charge in [0, 0.05) is 25.6 Å². The predicted octanol–water partition coefficient (Wildman–Crippen LogP) is -1.69. The van der Waals surface area contributed by atoms with Crippen LogP contribution in [0, 0.1) is 5.92 Å². The summed E-state index contributed by atoms with van der Waals surface area (Å²) in [7, 11) is -2.75. The van der Waals surface area contributed by atoms with Crippen molar-refractivity contribution in [1.29, 1.82) is 0 Å². The molecule has 1 heterocycles. The highest BCUT2D eigenvalue weighted by atomic mass is 28.4. The van der Waals surface area contributed by atoms with E-state index in [9.17, 15) is 9.59 Å². The van der Waals surface area contributed by atoms with Crippen LogP contribution < -0.4 is 0 Å². The Bertz CT molecular complexity index is 302. The van der Waals surface area contributed by atoms with Gasteiger partial charge in [-0.15, -0.1) is 0 Å². The van der Waals surface area contributed by atoms with Crippen LogP contribution in [0.2, 0.25) is 6.04 Å². The van der Waals surface area contributed by atoms with E-state index in [2.05, 4.69) is 4.74 Å². The van der Waals surface area contributed by atoms with Gasteiger partial charge in [-0.05, 0) is 6.42 Å². The largest absolute Gasteiger partial charge is 0.492 e. The number of carbonyl (C=O) groups excluding carboxylic acids is 2. The molecule has 17 heavy (non-hydrogen) atoms. The molecule has 1 aliphatic heterocycles. The average molecular weight is 263 g/mol. The van der Waals surface area contributed by atoms with E-state index in [-0.39, 0.29) is 18.4 Å². The molecule has 1 unspecified atom stereocenters. The van der Waals surface area contributed by atoms with Crippen LogP contribution in [0.5, 0.6) is 0 Å². The summed E-state index contributed by atoms with van der Waals surface area (Å²) in [4.78, 5) is 50.6. The van der Waals surface area contributed by atoms with Gasteiger partial charge in [-0.3, -0.25) is 9.59 Å². The first-order valence-electron chi connectivity index (χ1n) is 5.36. The molecule has 1 amide bonds. The minimum Gasteiger partial charge on any atom is -0.469 e. The van der Waals surface area contributed by atoms with E-state index >= 15 is 0 Å². The number of esters is 1. The third kappa shape index (κ3) is 4.42. The normalized spacial score (nSPS) is 20.8. The van der Waals surface area contributed by atoms with Gasteiger partial charge in [-0.1, -0.05) is 0 Å². The fourth-order valence-corrected chi connectivity index (χ4v) is 2.45. The fourth-order valence-electron chi connectivity index (χ4n) is 1.82. The molecule has 0 aromatic heterocycles. The summed E-state index contributed by atoms with van der Waals surface area (Å²) in [5.41, 5.74) is 0. The Balaban J connectivity index is 2.36. The molecule has 0 aromatic carbocycles. The van der Waals surface area contributed by atoms with Crippen molar-refractivity contribution in [2.24, 2.45) is 5.92 Å². The van der Waals surface area contributed by atoms with E-state index in [1.807, 2.05) is 0 Å². The van der Waals surface area contributed by atoms with Crippen molar-refractivity contribution in [2.75, 3.05) is 20.2 Å². The quantitative estimate of drug-likeness (QED) is 0.404. The van der Waals surface area contributed by atoms with Crippen LogP contribution in [0.1, 0.15) is 12.8 Å². The van der Waals surface area contributed by atoms with Gasteiger partial charge in [0.05, 0.1) is 13.0 Å². The van der Waals surface area contributed by atoms with Gasteiger partial charge < -0.3 is 24.0 Å². The van der Waals surface area contributed by atoms with Gasteiger partial charge >= 0.3 is 14.8 Å². The van der Waals surface area contributed by atoms with Gasteiger partial charge in [0.25, 0.3) is 0 Å². The molecule has 1 saturated heterocycles. The zero-order valence-corrected chi connectivity index (χ0v) is 10.6. The summed E-state index contributed by atoms with van der Waals surface area (Å²) >= 11 is 0. The third-order valence-corrected chi connectivity index (χ3v) is 3.71. The van der Waals surface area contributed by atoms with Crippen LogP contribution in [0.25, 0.3) is 0 Å². The lowest BCUT2D eigenvalue weighted by atomic mass is 10.1. The molecule has 0 saturated carbocycles. The summed E-state index contributed by atoms with van der Waals surface area (Å²) < 4.78 is 4.56. The summed E-state index contributed by atoms with van der Waals surface area (Å²) in [5.74, 6) is -0.996. The zero-order valence-electron chi connectivity index (χ0n) is 9.63. The fraction of sp³-hybridized carbons (Fsp3) is 0.778. The van der Waals surface area contributed by atoms with Gasteiger partial charge in [0.15, 0.2) is 0 Å². The first kappa shape index (κ1) is 14.1. The number of nitrogens with zero attached hydrogens (tertiary/aromatic N) is 1. The van der Waals surface area contributed by atoms with Crippen LogP contribution in [-0.4, -0.2) is 60.2 Å². The van der Waals surface area contributed by atoms with Crippen molar-refractivity contribution in [3.63, 3.8) is 0 Å². The van der Waals surface area contributed by atoms with Crippen molar-refractivity contribution in [2.45, 2.75) is 18.9 Å². The van der Waals surface area contributed by atoms with E-state index in [0.29, 0.717) is 19.5 Å². The molecule has 98 valence electrons. The maximum absolute atomic E-state index is 11.5.